The normalized spacial score (nSPS) is 13.0. The van der Waals surface area contributed by atoms with Crippen LogP contribution in [0.5, 0.6) is 0 Å². The molecule has 1 aromatic heterocycles. The van der Waals surface area contributed by atoms with Crippen LogP contribution in [0, 0.1) is 0 Å². The summed E-state index contributed by atoms with van der Waals surface area (Å²) >= 11 is 0. The minimum absolute atomic E-state index is 0.0115. The zero-order valence-corrected chi connectivity index (χ0v) is 15.3. The summed E-state index contributed by atoms with van der Waals surface area (Å²) in [6.07, 6.45) is 0. The highest BCUT2D eigenvalue weighted by molar-refractivity contribution is 5.63. The Morgan fingerprint density at radius 2 is 1.60 bits per heavy atom. The maximum absolute atomic E-state index is 5.39. The molecule has 1 N–H and O–H groups in total. The Balaban J connectivity index is 1.61. The second kappa shape index (κ2) is 7.19. The second-order valence-electron chi connectivity index (χ2n) is 7.37. The number of aromatic nitrogens is 2. The van der Waals surface area contributed by atoms with Crippen LogP contribution in [0.15, 0.2) is 59.1 Å². The highest BCUT2D eigenvalue weighted by atomic mass is 16.5. The van der Waals surface area contributed by atoms with Crippen molar-refractivity contribution in [3.05, 3.63) is 71.9 Å². The van der Waals surface area contributed by atoms with Crippen molar-refractivity contribution in [1.82, 2.24) is 15.5 Å². The zero-order valence-electron chi connectivity index (χ0n) is 15.3. The Labute approximate surface area is 149 Å². The summed E-state index contributed by atoms with van der Waals surface area (Å²) in [6.45, 7) is 9.03. The fourth-order valence-corrected chi connectivity index (χ4v) is 2.52. The topological polar surface area (TPSA) is 51.0 Å². The van der Waals surface area contributed by atoms with Gasteiger partial charge in [0.05, 0.1) is 6.04 Å². The number of hydrogen-bond donors (Lipinski definition) is 1. The van der Waals surface area contributed by atoms with Gasteiger partial charge in [-0.05, 0) is 23.6 Å². The van der Waals surface area contributed by atoms with Gasteiger partial charge >= 0.3 is 0 Å². The fourth-order valence-electron chi connectivity index (χ4n) is 2.52. The number of rotatable bonds is 5. The summed E-state index contributed by atoms with van der Waals surface area (Å²) in [5.74, 6) is 1.37. The minimum atomic E-state index is -0.102. The smallest absolute Gasteiger partial charge is 0.243 e. The third-order valence-corrected chi connectivity index (χ3v) is 4.16. The molecular weight excluding hydrogens is 310 g/mol. The summed E-state index contributed by atoms with van der Waals surface area (Å²) < 4.78 is 5.39. The van der Waals surface area contributed by atoms with E-state index in [0.717, 1.165) is 12.4 Å². The van der Waals surface area contributed by atoms with Gasteiger partial charge in [0.2, 0.25) is 5.89 Å². The van der Waals surface area contributed by atoms with Gasteiger partial charge in [-0.3, -0.25) is 0 Å². The fraction of sp³-hybridized carbons (Fsp3) is 0.333. The monoisotopic (exact) mass is 335 g/mol. The molecular formula is C21H25N3O. The van der Waals surface area contributed by atoms with E-state index in [9.17, 15) is 0 Å². The van der Waals surface area contributed by atoms with Crippen molar-refractivity contribution in [3.63, 3.8) is 0 Å². The minimum Gasteiger partial charge on any atom is -0.338 e. The van der Waals surface area contributed by atoms with Gasteiger partial charge in [-0.2, -0.15) is 4.98 Å². The SMILES string of the molecule is CC(NCc1ccc(-c2ccccc2)cc1)c1nc(C(C)(C)C)no1. The van der Waals surface area contributed by atoms with Crippen LogP contribution >= 0.6 is 0 Å². The van der Waals surface area contributed by atoms with Crippen molar-refractivity contribution in [2.24, 2.45) is 0 Å². The van der Waals surface area contributed by atoms with Gasteiger partial charge in [-0.25, -0.2) is 0 Å². The summed E-state index contributed by atoms with van der Waals surface area (Å²) in [4.78, 5) is 4.51. The van der Waals surface area contributed by atoms with Crippen molar-refractivity contribution in [2.75, 3.05) is 0 Å². The van der Waals surface area contributed by atoms with E-state index in [1.54, 1.807) is 0 Å². The van der Waals surface area contributed by atoms with E-state index >= 15 is 0 Å². The Kier molecular flexibility index (Phi) is 5.00. The highest BCUT2D eigenvalue weighted by Crippen LogP contribution is 2.22. The first kappa shape index (κ1) is 17.4. The molecule has 4 nitrogen and oxygen atoms in total. The van der Waals surface area contributed by atoms with Gasteiger partial charge in [0.25, 0.3) is 0 Å². The zero-order chi connectivity index (χ0) is 17.9. The van der Waals surface area contributed by atoms with E-state index in [4.69, 9.17) is 4.52 Å². The Bertz CT molecular complexity index is 801. The molecule has 25 heavy (non-hydrogen) atoms. The molecule has 0 aliphatic carbocycles. The molecule has 1 atom stereocenters. The lowest BCUT2D eigenvalue weighted by molar-refractivity contribution is 0.330. The van der Waals surface area contributed by atoms with Crippen molar-refractivity contribution in [1.29, 1.82) is 0 Å². The average molecular weight is 335 g/mol. The lowest BCUT2D eigenvalue weighted by atomic mass is 9.96. The molecule has 0 saturated heterocycles. The van der Waals surface area contributed by atoms with Gasteiger partial charge in [-0.1, -0.05) is 80.5 Å². The van der Waals surface area contributed by atoms with Crippen LogP contribution in [0.1, 0.15) is 51.0 Å². The number of nitrogens with zero attached hydrogens (tertiary/aromatic N) is 2. The molecule has 0 aliphatic heterocycles. The third kappa shape index (κ3) is 4.34. The molecule has 1 heterocycles. The molecule has 0 amide bonds. The van der Waals surface area contributed by atoms with Crippen LogP contribution in [-0.4, -0.2) is 10.1 Å². The van der Waals surface area contributed by atoms with E-state index in [1.807, 2.05) is 13.0 Å². The van der Waals surface area contributed by atoms with Gasteiger partial charge in [-0.15, -0.1) is 0 Å². The Hall–Kier alpha value is -2.46. The number of hydrogen-bond acceptors (Lipinski definition) is 4. The molecule has 0 spiro atoms. The molecule has 2 aromatic carbocycles. The second-order valence-corrected chi connectivity index (χ2v) is 7.37. The molecule has 3 rings (SSSR count). The van der Waals surface area contributed by atoms with Crippen molar-refractivity contribution >= 4 is 0 Å². The van der Waals surface area contributed by atoms with Gasteiger partial charge in [0.15, 0.2) is 5.82 Å². The summed E-state index contributed by atoms with van der Waals surface area (Å²) in [6, 6.07) is 19.0. The van der Waals surface area contributed by atoms with Crippen LogP contribution in [0.3, 0.4) is 0 Å². The van der Waals surface area contributed by atoms with E-state index in [-0.39, 0.29) is 11.5 Å². The predicted octanol–water partition coefficient (Wildman–Crippen LogP) is 4.88. The average Bonchev–Trinajstić information content (AvgIpc) is 3.11. The van der Waals surface area contributed by atoms with Gasteiger partial charge < -0.3 is 9.84 Å². The Morgan fingerprint density at radius 1 is 0.960 bits per heavy atom. The molecule has 0 fully saturated rings. The van der Waals surface area contributed by atoms with E-state index in [1.165, 1.54) is 16.7 Å². The van der Waals surface area contributed by atoms with Crippen molar-refractivity contribution in [3.8, 4) is 11.1 Å². The standard InChI is InChI=1S/C21H25N3O/c1-15(19-23-20(24-25-19)21(2,3)4)22-14-16-10-12-18(13-11-16)17-8-6-5-7-9-17/h5-13,15,22H,14H2,1-4H3. The maximum Gasteiger partial charge on any atom is 0.243 e. The summed E-state index contributed by atoms with van der Waals surface area (Å²) in [5.41, 5.74) is 3.58. The predicted molar refractivity (Wildman–Crippen MR) is 100 cm³/mol. The third-order valence-electron chi connectivity index (χ3n) is 4.16. The number of nitrogens with one attached hydrogen (secondary N) is 1. The van der Waals surface area contributed by atoms with E-state index in [2.05, 4.69) is 84.8 Å². The van der Waals surface area contributed by atoms with Crippen molar-refractivity contribution < 1.29 is 4.52 Å². The molecule has 0 aliphatic rings. The first-order valence-corrected chi connectivity index (χ1v) is 8.65. The molecule has 0 saturated carbocycles. The molecule has 130 valence electrons. The molecule has 0 radical (unpaired) electrons. The van der Waals surface area contributed by atoms with Gasteiger partial charge in [0, 0.05) is 12.0 Å². The van der Waals surface area contributed by atoms with Crippen LogP contribution in [0.25, 0.3) is 11.1 Å². The van der Waals surface area contributed by atoms with E-state index in [0.29, 0.717) is 5.89 Å². The maximum atomic E-state index is 5.39. The first-order valence-electron chi connectivity index (χ1n) is 8.65. The number of benzene rings is 2. The molecule has 0 bridgehead atoms. The molecule has 1 unspecified atom stereocenters. The van der Waals surface area contributed by atoms with Crippen LogP contribution in [0.2, 0.25) is 0 Å². The Morgan fingerprint density at radius 3 is 2.20 bits per heavy atom. The highest BCUT2D eigenvalue weighted by Gasteiger charge is 2.22. The molecule has 4 heteroatoms. The molecule has 3 aromatic rings. The largest absolute Gasteiger partial charge is 0.338 e. The van der Waals surface area contributed by atoms with Gasteiger partial charge in [0.1, 0.15) is 0 Å². The quantitative estimate of drug-likeness (QED) is 0.721. The van der Waals surface area contributed by atoms with E-state index < -0.39 is 0 Å². The van der Waals surface area contributed by atoms with Crippen LogP contribution in [0.4, 0.5) is 0 Å². The van der Waals surface area contributed by atoms with Crippen LogP contribution < -0.4 is 5.32 Å². The van der Waals surface area contributed by atoms with Crippen LogP contribution in [-0.2, 0) is 12.0 Å². The lowest BCUT2D eigenvalue weighted by Gasteiger charge is -2.12. The summed E-state index contributed by atoms with van der Waals surface area (Å²) in [5, 5.41) is 7.53. The lowest BCUT2D eigenvalue weighted by Crippen LogP contribution is -2.19. The summed E-state index contributed by atoms with van der Waals surface area (Å²) in [7, 11) is 0. The first-order chi connectivity index (χ1) is 11.9. The van der Waals surface area contributed by atoms with Crippen molar-refractivity contribution in [2.45, 2.75) is 45.7 Å².